The molecule has 0 amide bonds. The second-order valence-electron chi connectivity index (χ2n) is 5.71. The van der Waals surface area contributed by atoms with Crippen LogP contribution in [0.3, 0.4) is 0 Å². The van der Waals surface area contributed by atoms with Crippen molar-refractivity contribution in [3.8, 4) is 5.69 Å². The smallest absolute Gasteiger partial charge is 0.280 e. The first-order valence-corrected chi connectivity index (χ1v) is 7.22. The van der Waals surface area contributed by atoms with E-state index in [1.54, 1.807) is 6.20 Å². The van der Waals surface area contributed by atoms with E-state index >= 15 is 0 Å². The average Bonchev–Trinajstić information content (AvgIpc) is 3.15. The molecule has 1 aliphatic carbocycles. The van der Waals surface area contributed by atoms with Crippen LogP contribution in [0.2, 0.25) is 0 Å². The molecule has 2 aromatic rings. The second kappa shape index (κ2) is 5.56. The Balaban J connectivity index is 1.96. The van der Waals surface area contributed by atoms with E-state index in [4.69, 9.17) is 0 Å². The number of halogens is 2. The lowest BCUT2D eigenvalue weighted by atomic mass is 10.1. The first-order chi connectivity index (χ1) is 10.1. The quantitative estimate of drug-likeness (QED) is 0.910. The minimum absolute atomic E-state index is 0.00453. The minimum Gasteiger partial charge on any atom is -0.310 e. The molecule has 1 aromatic heterocycles. The van der Waals surface area contributed by atoms with Crippen molar-refractivity contribution in [1.82, 2.24) is 15.1 Å². The van der Waals surface area contributed by atoms with Crippen molar-refractivity contribution in [2.75, 3.05) is 0 Å². The fourth-order valence-electron chi connectivity index (χ4n) is 2.54. The van der Waals surface area contributed by atoms with Crippen LogP contribution in [-0.4, -0.2) is 15.8 Å². The summed E-state index contributed by atoms with van der Waals surface area (Å²) >= 11 is 0. The van der Waals surface area contributed by atoms with Gasteiger partial charge in [0.15, 0.2) is 0 Å². The second-order valence-corrected chi connectivity index (χ2v) is 5.71. The number of hydrogen-bond donors (Lipinski definition) is 1. The van der Waals surface area contributed by atoms with Crippen LogP contribution in [0.25, 0.3) is 5.69 Å². The third-order valence-corrected chi connectivity index (χ3v) is 3.83. The first-order valence-electron chi connectivity index (χ1n) is 7.22. The molecule has 1 aliphatic rings. The molecule has 3 nitrogen and oxygen atoms in total. The molecule has 3 rings (SSSR count). The summed E-state index contributed by atoms with van der Waals surface area (Å²) in [6.07, 6.45) is 1.28. The lowest BCUT2D eigenvalue weighted by molar-refractivity contribution is 0.141. The zero-order valence-corrected chi connectivity index (χ0v) is 12.2. The number of aryl methyl sites for hydroxylation is 2. The zero-order valence-electron chi connectivity index (χ0n) is 12.2. The number of nitrogens with zero attached hydrogens (tertiary/aromatic N) is 2. The Morgan fingerprint density at radius 2 is 2.10 bits per heavy atom. The summed E-state index contributed by atoms with van der Waals surface area (Å²) in [5.41, 5.74) is 3.35. The van der Waals surface area contributed by atoms with E-state index in [0.29, 0.717) is 23.8 Å². The maximum atomic E-state index is 13.5. The molecule has 21 heavy (non-hydrogen) atoms. The Kier molecular flexibility index (Phi) is 3.76. The standard InChI is InChI=1S/C16H19F2N3/c1-10-3-6-14(11(2)7-10)21-15(16(17)18)12(9-20-21)8-19-13-4-5-13/h3,6-7,9,13,16,19H,4-5,8H2,1-2H3. The number of benzene rings is 1. The SMILES string of the molecule is Cc1ccc(-n2ncc(CNC3CC3)c2C(F)F)c(C)c1. The molecule has 1 aromatic carbocycles. The zero-order chi connectivity index (χ0) is 15.0. The number of alkyl halides is 2. The molecule has 0 aliphatic heterocycles. The summed E-state index contributed by atoms with van der Waals surface area (Å²) in [6, 6.07) is 6.23. The molecule has 0 spiro atoms. The summed E-state index contributed by atoms with van der Waals surface area (Å²) < 4.78 is 28.3. The van der Waals surface area contributed by atoms with Crippen molar-refractivity contribution < 1.29 is 8.78 Å². The van der Waals surface area contributed by atoms with E-state index in [1.807, 2.05) is 32.0 Å². The van der Waals surface area contributed by atoms with Crippen molar-refractivity contribution in [2.45, 2.75) is 45.7 Å². The average molecular weight is 291 g/mol. The van der Waals surface area contributed by atoms with Crippen molar-refractivity contribution >= 4 is 0 Å². The molecule has 1 fully saturated rings. The van der Waals surface area contributed by atoms with Crippen molar-refractivity contribution in [3.05, 3.63) is 46.8 Å². The van der Waals surface area contributed by atoms with E-state index in [1.165, 1.54) is 4.68 Å². The van der Waals surface area contributed by atoms with Crippen molar-refractivity contribution in [1.29, 1.82) is 0 Å². The third kappa shape index (κ3) is 2.97. The molecule has 0 bridgehead atoms. The van der Waals surface area contributed by atoms with Crippen molar-refractivity contribution in [3.63, 3.8) is 0 Å². The number of hydrogen-bond acceptors (Lipinski definition) is 2. The van der Waals surface area contributed by atoms with Gasteiger partial charge in [0.2, 0.25) is 0 Å². The molecule has 0 radical (unpaired) electrons. The lowest BCUT2D eigenvalue weighted by Gasteiger charge is -2.12. The highest BCUT2D eigenvalue weighted by Crippen LogP contribution is 2.28. The molecule has 0 saturated heterocycles. The molecule has 5 heteroatoms. The Bertz CT molecular complexity index is 645. The van der Waals surface area contributed by atoms with Gasteiger partial charge in [0, 0.05) is 18.2 Å². The van der Waals surface area contributed by atoms with E-state index in [0.717, 1.165) is 24.0 Å². The molecular formula is C16H19F2N3. The van der Waals surface area contributed by atoms with Gasteiger partial charge in [-0.15, -0.1) is 0 Å². The van der Waals surface area contributed by atoms with Gasteiger partial charge in [0.25, 0.3) is 6.43 Å². The van der Waals surface area contributed by atoms with Gasteiger partial charge in [-0.2, -0.15) is 5.10 Å². The van der Waals surface area contributed by atoms with Gasteiger partial charge in [-0.25, -0.2) is 13.5 Å². The van der Waals surface area contributed by atoms with Crippen LogP contribution < -0.4 is 5.32 Å². The summed E-state index contributed by atoms with van der Waals surface area (Å²) in [5.74, 6) is 0. The van der Waals surface area contributed by atoms with Gasteiger partial charge in [-0.05, 0) is 38.3 Å². The summed E-state index contributed by atoms with van der Waals surface area (Å²) in [5, 5.41) is 7.46. The van der Waals surface area contributed by atoms with E-state index in [-0.39, 0.29) is 5.69 Å². The summed E-state index contributed by atoms with van der Waals surface area (Å²) in [6.45, 7) is 4.36. The number of nitrogens with one attached hydrogen (secondary N) is 1. The summed E-state index contributed by atoms with van der Waals surface area (Å²) in [7, 11) is 0. The maximum absolute atomic E-state index is 13.5. The summed E-state index contributed by atoms with van der Waals surface area (Å²) in [4.78, 5) is 0. The number of rotatable bonds is 5. The highest BCUT2D eigenvalue weighted by molar-refractivity contribution is 5.44. The normalized spacial score (nSPS) is 14.9. The van der Waals surface area contributed by atoms with Gasteiger partial charge >= 0.3 is 0 Å². The van der Waals surface area contributed by atoms with Gasteiger partial charge in [-0.1, -0.05) is 17.7 Å². The molecule has 0 unspecified atom stereocenters. The predicted molar refractivity (Wildman–Crippen MR) is 77.9 cm³/mol. The highest BCUT2D eigenvalue weighted by Gasteiger charge is 2.25. The predicted octanol–water partition coefficient (Wildman–Crippen LogP) is 3.68. The molecule has 1 saturated carbocycles. The van der Waals surface area contributed by atoms with Crippen LogP contribution in [0.1, 0.15) is 41.7 Å². The fraction of sp³-hybridized carbons (Fsp3) is 0.438. The lowest BCUT2D eigenvalue weighted by Crippen LogP contribution is -2.16. The topological polar surface area (TPSA) is 29.9 Å². The third-order valence-electron chi connectivity index (χ3n) is 3.83. The largest absolute Gasteiger partial charge is 0.310 e. The molecule has 1 heterocycles. The number of aromatic nitrogens is 2. The Labute approximate surface area is 123 Å². The highest BCUT2D eigenvalue weighted by atomic mass is 19.3. The van der Waals surface area contributed by atoms with Gasteiger partial charge in [0.1, 0.15) is 5.69 Å². The van der Waals surface area contributed by atoms with Gasteiger partial charge in [-0.3, -0.25) is 0 Å². The molecular weight excluding hydrogens is 272 g/mol. The fourth-order valence-corrected chi connectivity index (χ4v) is 2.54. The molecule has 1 N–H and O–H groups in total. The van der Waals surface area contributed by atoms with Crippen LogP contribution in [0.5, 0.6) is 0 Å². The minimum atomic E-state index is -2.54. The monoisotopic (exact) mass is 291 g/mol. The van der Waals surface area contributed by atoms with E-state index < -0.39 is 6.43 Å². The van der Waals surface area contributed by atoms with Crippen LogP contribution in [0.15, 0.2) is 24.4 Å². The van der Waals surface area contributed by atoms with Crippen LogP contribution in [0.4, 0.5) is 8.78 Å². The van der Waals surface area contributed by atoms with Crippen LogP contribution in [-0.2, 0) is 6.54 Å². The molecule has 112 valence electrons. The van der Waals surface area contributed by atoms with Crippen molar-refractivity contribution in [2.24, 2.45) is 0 Å². The van der Waals surface area contributed by atoms with E-state index in [2.05, 4.69) is 10.4 Å². The van der Waals surface area contributed by atoms with E-state index in [9.17, 15) is 8.78 Å². The Morgan fingerprint density at radius 1 is 1.33 bits per heavy atom. The van der Waals surface area contributed by atoms with Crippen LogP contribution in [0, 0.1) is 13.8 Å². The maximum Gasteiger partial charge on any atom is 0.280 e. The van der Waals surface area contributed by atoms with Gasteiger partial charge < -0.3 is 5.32 Å². The first kappa shape index (κ1) is 14.2. The Hall–Kier alpha value is -1.75. The molecule has 0 atom stereocenters. The van der Waals surface area contributed by atoms with Crippen LogP contribution >= 0.6 is 0 Å². The van der Waals surface area contributed by atoms with Gasteiger partial charge in [0.05, 0.1) is 11.9 Å². The Morgan fingerprint density at radius 3 is 2.71 bits per heavy atom.